The third-order valence-corrected chi connectivity index (χ3v) is 3.03. The Balaban J connectivity index is 3.80. The summed E-state index contributed by atoms with van der Waals surface area (Å²) in [7, 11) is 0. The summed E-state index contributed by atoms with van der Waals surface area (Å²) in [6.45, 7) is 6.65. The van der Waals surface area contributed by atoms with Crippen LogP contribution in [0.4, 0.5) is 0 Å². The van der Waals surface area contributed by atoms with Crippen LogP contribution in [0.2, 0.25) is 0 Å². The fourth-order valence-electron chi connectivity index (χ4n) is 2.03. The Morgan fingerprint density at radius 1 is 1.07 bits per heavy atom. The average molecular weight is 198 g/mol. The Morgan fingerprint density at radius 2 is 1.79 bits per heavy atom. The van der Waals surface area contributed by atoms with Crippen molar-refractivity contribution in [3.63, 3.8) is 0 Å². The summed E-state index contributed by atoms with van der Waals surface area (Å²) in [5.41, 5.74) is 0. The van der Waals surface area contributed by atoms with Crippen molar-refractivity contribution >= 4 is 6.29 Å². The van der Waals surface area contributed by atoms with Gasteiger partial charge in [0.1, 0.15) is 6.29 Å². The third-order valence-electron chi connectivity index (χ3n) is 3.03. The fourth-order valence-corrected chi connectivity index (χ4v) is 2.03. The van der Waals surface area contributed by atoms with Crippen LogP contribution < -0.4 is 0 Å². The molecule has 1 nitrogen and oxygen atoms in total. The summed E-state index contributed by atoms with van der Waals surface area (Å²) >= 11 is 0. The molecule has 14 heavy (non-hydrogen) atoms. The zero-order valence-electron chi connectivity index (χ0n) is 10.1. The Labute approximate surface area is 89.3 Å². The van der Waals surface area contributed by atoms with E-state index in [0.29, 0.717) is 5.92 Å². The second-order valence-corrected chi connectivity index (χ2v) is 4.34. The Bertz CT molecular complexity index is 131. The molecule has 84 valence electrons. The van der Waals surface area contributed by atoms with Crippen LogP contribution >= 0.6 is 0 Å². The van der Waals surface area contributed by atoms with Crippen molar-refractivity contribution in [3.8, 4) is 0 Å². The molecule has 0 saturated heterocycles. The maximum atomic E-state index is 10.9. The topological polar surface area (TPSA) is 17.1 Å². The summed E-state index contributed by atoms with van der Waals surface area (Å²) in [6.07, 6.45) is 9.55. The van der Waals surface area contributed by atoms with Gasteiger partial charge in [-0.15, -0.1) is 0 Å². The molecule has 0 fully saturated rings. The summed E-state index contributed by atoms with van der Waals surface area (Å²) in [4.78, 5) is 10.9. The lowest BCUT2D eigenvalue weighted by atomic mass is 9.87. The normalized spacial score (nSPS) is 15.1. The first-order chi connectivity index (χ1) is 6.78. The average Bonchev–Trinajstić information content (AvgIpc) is 2.22. The highest BCUT2D eigenvalue weighted by Gasteiger charge is 2.13. The van der Waals surface area contributed by atoms with Crippen LogP contribution in [0.5, 0.6) is 0 Å². The molecule has 2 unspecified atom stereocenters. The first-order valence-electron chi connectivity index (χ1n) is 6.23. The molecule has 0 aliphatic carbocycles. The predicted molar refractivity (Wildman–Crippen MR) is 62.4 cm³/mol. The van der Waals surface area contributed by atoms with Gasteiger partial charge in [0.15, 0.2) is 0 Å². The molecule has 0 aliphatic heterocycles. The number of carbonyl (C=O) groups excluding carboxylic acids is 1. The largest absolute Gasteiger partial charge is 0.303 e. The van der Waals surface area contributed by atoms with E-state index in [1.54, 1.807) is 0 Å². The molecule has 0 aromatic heterocycles. The van der Waals surface area contributed by atoms with Crippen molar-refractivity contribution in [2.75, 3.05) is 0 Å². The molecular formula is C13H26O. The standard InChI is InChI=1S/C13H26O/c1-4-7-9-13(11-14)10-12(6-3)8-5-2/h11-13H,4-10H2,1-3H3. The molecule has 0 amide bonds. The monoisotopic (exact) mass is 198 g/mol. The minimum atomic E-state index is 0.325. The quantitative estimate of drug-likeness (QED) is 0.507. The SMILES string of the molecule is CCCCC(C=O)CC(CC)CCC. The molecule has 0 aromatic carbocycles. The fraction of sp³-hybridized carbons (Fsp3) is 0.923. The van der Waals surface area contributed by atoms with Gasteiger partial charge in [-0.2, -0.15) is 0 Å². The maximum Gasteiger partial charge on any atom is 0.123 e. The van der Waals surface area contributed by atoms with Gasteiger partial charge < -0.3 is 4.79 Å². The minimum absolute atomic E-state index is 0.325. The first-order valence-corrected chi connectivity index (χ1v) is 6.23. The molecule has 0 heterocycles. The van der Waals surface area contributed by atoms with Gasteiger partial charge in [0.2, 0.25) is 0 Å². The van der Waals surface area contributed by atoms with E-state index >= 15 is 0 Å². The van der Waals surface area contributed by atoms with E-state index in [2.05, 4.69) is 20.8 Å². The van der Waals surface area contributed by atoms with Crippen LogP contribution in [0.15, 0.2) is 0 Å². The van der Waals surface area contributed by atoms with Crippen LogP contribution in [0, 0.1) is 11.8 Å². The van der Waals surface area contributed by atoms with Crippen molar-refractivity contribution in [3.05, 3.63) is 0 Å². The summed E-state index contributed by atoms with van der Waals surface area (Å²) in [6, 6.07) is 0. The second kappa shape index (κ2) is 9.23. The van der Waals surface area contributed by atoms with Gasteiger partial charge in [-0.1, -0.05) is 52.9 Å². The molecular weight excluding hydrogens is 172 g/mol. The number of rotatable bonds is 9. The highest BCUT2D eigenvalue weighted by atomic mass is 16.1. The number of aldehydes is 1. The highest BCUT2D eigenvalue weighted by molar-refractivity contribution is 5.53. The van der Waals surface area contributed by atoms with Crippen molar-refractivity contribution in [2.45, 2.75) is 65.7 Å². The number of carbonyl (C=O) groups is 1. The Kier molecular flexibility index (Phi) is 9.02. The van der Waals surface area contributed by atoms with E-state index in [1.807, 2.05) is 0 Å². The smallest absolute Gasteiger partial charge is 0.123 e. The van der Waals surface area contributed by atoms with Gasteiger partial charge >= 0.3 is 0 Å². The number of unbranched alkanes of at least 4 members (excludes halogenated alkanes) is 1. The van der Waals surface area contributed by atoms with Crippen molar-refractivity contribution in [1.29, 1.82) is 0 Å². The molecule has 0 N–H and O–H groups in total. The molecule has 0 spiro atoms. The zero-order valence-corrected chi connectivity index (χ0v) is 10.1. The highest BCUT2D eigenvalue weighted by Crippen LogP contribution is 2.22. The van der Waals surface area contributed by atoms with Gasteiger partial charge in [-0.25, -0.2) is 0 Å². The van der Waals surface area contributed by atoms with Crippen LogP contribution in [-0.2, 0) is 4.79 Å². The summed E-state index contributed by atoms with van der Waals surface area (Å²) in [5, 5.41) is 0. The van der Waals surface area contributed by atoms with Crippen LogP contribution in [0.3, 0.4) is 0 Å². The van der Waals surface area contributed by atoms with Crippen LogP contribution in [-0.4, -0.2) is 6.29 Å². The molecule has 0 aromatic rings. The van der Waals surface area contributed by atoms with Crippen LogP contribution in [0.25, 0.3) is 0 Å². The van der Waals surface area contributed by atoms with Gasteiger partial charge in [0.05, 0.1) is 0 Å². The second-order valence-electron chi connectivity index (χ2n) is 4.34. The number of hydrogen-bond donors (Lipinski definition) is 0. The molecule has 0 bridgehead atoms. The molecule has 2 atom stereocenters. The molecule has 0 aliphatic rings. The lowest BCUT2D eigenvalue weighted by Gasteiger charge is -2.17. The van der Waals surface area contributed by atoms with E-state index in [0.717, 1.165) is 18.8 Å². The lowest BCUT2D eigenvalue weighted by Crippen LogP contribution is -2.09. The Hall–Kier alpha value is -0.330. The third kappa shape index (κ3) is 6.17. The van der Waals surface area contributed by atoms with E-state index < -0.39 is 0 Å². The molecule has 1 heteroatoms. The van der Waals surface area contributed by atoms with Crippen molar-refractivity contribution < 1.29 is 4.79 Å². The first kappa shape index (κ1) is 13.7. The lowest BCUT2D eigenvalue weighted by molar-refractivity contribution is -0.111. The van der Waals surface area contributed by atoms with Gasteiger partial charge in [0.25, 0.3) is 0 Å². The molecule has 0 radical (unpaired) electrons. The molecule has 0 rings (SSSR count). The van der Waals surface area contributed by atoms with E-state index in [1.165, 1.54) is 38.4 Å². The summed E-state index contributed by atoms with van der Waals surface area (Å²) < 4.78 is 0. The summed E-state index contributed by atoms with van der Waals surface area (Å²) in [5.74, 6) is 1.10. The van der Waals surface area contributed by atoms with Gasteiger partial charge in [0, 0.05) is 5.92 Å². The zero-order chi connectivity index (χ0) is 10.8. The van der Waals surface area contributed by atoms with E-state index in [4.69, 9.17) is 0 Å². The van der Waals surface area contributed by atoms with E-state index in [9.17, 15) is 4.79 Å². The predicted octanol–water partition coefficient (Wildman–Crippen LogP) is 4.21. The van der Waals surface area contributed by atoms with Crippen LogP contribution in [0.1, 0.15) is 65.7 Å². The van der Waals surface area contributed by atoms with E-state index in [-0.39, 0.29) is 0 Å². The Morgan fingerprint density at radius 3 is 2.21 bits per heavy atom. The van der Waals surface area contributed by atoms with Crippen molar-refractivity contribution in [1.82, 2.24) is 0 Å². The van der Waals surface area contributed by atoms with Gasteiger partial charge in [-0.05, 0) is 18.8 Å². The van der Waals surface area contributed by atoms with Crippen molar-refractivity contribution in [2.24, 2.45) is 11.8 Å². The minimum Gasteiger partial charge on any atom is -0.303 e. The maximum absolute atomic E-state index is 10.9. The number of hydrogen-bond acceptors (Lipinski definition) is 1. The van der Waals surface area contributed by atoms with Gasteiger partial charge in [-0.3, -0.25) is 0 Å². The molecule has 0 saturated carbocycles.